The fourth-order valence-electron chi connectivity index (χ4n) is 2.47. The van der Waals surface area contributed by atoms with Crippen LogP contribution in [0.1, 0.15) is 84.5 Å². The maximum absolute atomic E-state index is 10.5. The molecule has 0 saturated heterocycles. The molecule has 0 aliphatic heterocycles. The third-order valence-corrected chi connectivity index (χ3v) is 4.15. The zero-order chi connectivity index (χ0) is 15.3. The molecule has 0 aliphatic carbocycles. The average Bonchev–Trinajstić information content (AvgIpc) is 2.36. The van der Waals surface area contributed by atoms with Crippen LogP contribution in [-0.2, 0) is 14.6 Å². The molecule has 20 heavy (non-hydrogen) atoms. The van der Waals surface area contributed by atoms with E-state index in [1.54, 1.807) is 0 Å². The smallest absolute Gasteiger partial charge is 0.264 e. The Morgan fingerprint density at radius 3 is 1.90 bits per heavy atom. The van der Waals surface area contributed by atoms with Crippen molar-refractivity contribution in [1.82, 2.24) is 0 Å². The van der Waals surface area contributed by atoms with Crippen LogP contribution in [0.4, 0.5) is 0 Å². The second kappa shape index (κ2) is 12.6. The van der Waals surface area contributed by atoms with Crippen LogP contribution >= 0.6 is 0 Å². The fourth-order valence-corrected chi connectivity index (χ4v) is 2.78. The Labute approximate surface area is 125 Å². The van der Waals surface area contributed by atoms with Crippen LogP contribution in [0.15, 0.2) is 0 Å². The quantitative estimate of drug-likeness (QED) is 0.371. The second-order valence-electron chi connectivity index (χ2n) is 5.60. The van der Waals surface area contributed by atoms with Gasteiger partial charge in [0.25, 0.3) is 0 Å². The van der Waals surface area contributed by atoms with Crippen LogP contribution in [-0.4, -0.2) is 19.6 Å². The molecular formula is C15H32O4S. The highest BCUT2D eigenvalue weighted by Crippen LogP contribution is 2.21. The Morgan fingerprint density at radius 1 is 0.850 bits per heavy atom. The Balaban J connectivity index is 3.87. The third-order valence-electron chi connectivity index (χ3n) is 3.69. The minimum absolute atomic E-state index is 0.102. The predicted octanol–water partition coefficient (Wildman–Crippen LogP) is 4.75. The number of unbranched alkanes of at least 4 members (excludes halogenated alkanes) is 6. The number of hydrogen-bond donors (Lipinski definition) is 1. The summed E-state index contributed by atoms with van der Waals surface area (Å²) in [6, 6.07) is 0. The van der Waals surface area contributed by atoms with Crippen LogP contribution in [0, 0.1) is 5.92 Å². The average molecular weight is 308 g/mol. The molecule has 0 aromatic heterocycles. The molecule has 0 aromatic rings. The largest absolute Gasteiger partial charge is 0.397 e. The van der Waals surface area contributed by atoms with Crippen molar-refractivity contribution in [1.29, 1.82) is 0 Å². The van der Waals surface area contributed by atoms with Crippen molar-refractivity contribution in [3.8, 4) is 0 Å². The molecule has 122 valence electrons. The van der Waals surface area contributed by atoms with E-state index in [0.29, 0.717) is 5.92 Å². The van der Waals surface area contributed by atoms with Crippen molar-refractivity contribution in [2.45, 2.75) is 84.5 Å². The molecule has 0 radical (unpaired) electrons. The van der Waals surface area contributed by atoms with Gasteiger partial charge in [0.15, 0.2) is 0 Å². The minimum Gasteiger partial charge on any atom is -0.264 e. The van der Waals surface area contributed by atoms with Gasteiger partial charge < -0.3 is 0 Å². The lowest BCUT2D eigenvalue weighted by molar-refractivity contribution is 0.234. The van der Waals surface area contributed by atoms with Crippen LogP contribution in [0.3, 0.4) is 0 Å². The summed E-state index contributed by atoms with van der Waals surface area (Å²) in [5.74, 6) is 0.518. The molecule has 0 bridgehead atoms. The first-order chi connectivity index (χ1) is 9.49. The molecule has 0 amide bonds. The molecular weight excluding hydrogens is 276 g/mol. The zero-order valence-electron chi connectivity index (χ0n) is 13.1. The first-order valence-corrected chi connectivity index (χ1v) is 9.48. The topological polar surface area (TPSA) is 63.6 Å². The van der Waals surface area contributed by atoms with E-state index in [0.717, 1.165) is 19.3 Å². The Kier molecular flexibility index (Phi) is 12.5. The maximum atomic E-state index is 10.5. The van der Waals surface area contributed by atoms with Crippen molar-refractivity contribution in [3.63, 3.8) is 0 Å². The van der Waals surface area contributed by atoms with Gasteiger partial charge in [0.05, 0.1) is 6.61 Å². The highest BCUT2D eigenvalue weighted by atomic mass is 32.3. The van der Waals surface area contributed by atoms with E-state index in [-0.39, 0.29) is 6.61 Å². The van der Waals surface area contributed by atoms with Gasteiger partial charge in [-0.2, -0.15) is 8.42 Å². The number of rotatable bonds is 14. The third kappa shape index (κ3) is 14.3. The Hall–Kier alpha value is -0.130. The second-order valence-corrected chi connectivity index (χ2v) is 6.69. The molecule has 0 heterocycles. The first kappa shape index (κ1) is 19.9. The number of hydrogen-bond acceptors (Lipinski definition) is 3. The van der Waals surface area contributed by atoms with E-state index in [1.807, 2.05) is 0 Å². The van der Waals surface area contributed by atoms with Gasteiger partial charge in [-0.1, -0.05) is 78.1 Å². The van der Waals surface area contributed by atoms with Crippen LogP contribution < -0.4 is 0 Å². The van der Waals surface area contributed by atoms with Gasteiger partial charge in [-0.3, -0.25) is 4.55 Å². The molecule has 0 rings (SSSR count). The lowest BCUT2D eigenvalue weighted by Gasteiger charge is -2.16. The summed E-state index contributed by atoms with van der Waals surface area (Å²) >= 11 is 0. The molecule has 1 N–H and O–H groups in total. The monoisotopic (exact) mass is 308 g/mol. The normalized spacial score (nSPS) is 13.6. The SMILES string of the molecule is CCCCCCCC(CCCCC)CCOS(=O)(=O)O. The zero-order valence-corrected chi connectivity index (χ0v) is 14.0. The van der Waals surface area contributed by atoms with Crippen molar-refractivity contribution in [2.75, 3.05) is 6.61 Å². The molecule has 0 saturated carbocycles. The lowest BCUT2D eigenvalue weighted by Crippen LogP contribution is -2.10. The lowest BCUT2D eigenvalue weighted by atomic mass is 9.92. The molecule has 0 aromatic carbocycles. The molecule has 1 atom stereocenters. The molecule has 5 heteroatoms. The van der Waals surface area contributed by atoms with E-state index in [2.05, 4.69) is 18.0 Å². The summed E-state index contributed by atoms with van der Waals surface area (Å²) in [7, 11) is -4.28. The first-order valence-electron chi connectivity index (χ1n) is 8.11. The molecule has 0 aliphatic rings. The van der Waals surface area contributed by atoms with Gasteiger partial charge in [0.2, 0.25) is 0 Å². The van der Waals surface area contributed by atoms with E-state index in [4.69, 9.17) is 4.55 Å². The predicted molar refractivity (Wildman–Crippen MR) is 83.1 cm³/mol. The van der Waals surface area contributed by atoms with E-state index in [1.165, 1.54) is 51.4 Å². The maximum Gasteiger partial charge on any atom is 0.397 e. The molecule has 1 unspecified atom stereocenters. The summed E-state index contributed by atoms with van der Waals surface area (Å²) in [5, 5.41) is 0. The summed E-state index contributed by atoms with van der Waals surface area (Å²) < 4.78 is 34.1. The van der Waals surface area contributed by atoms with Gasteiger partial charge in [-0.15, -0.1) is 0 Å². The fraction of sp³-hybridized carbons (Fsp3) is 1.00. The molecule has 4 nitrogen and oxygen atoms in total. The summed E-state index contributed by atoms with van der Waals surface area (Å²) in [5.41, 5.74) is 0. The van der Waals surface area contributed by atoms with Gasteiger partial charge >= 0.3 is 10.4 Å². The molecule has 0 fully saturated rings. The summed E-state index contributed by atoms with van der Waals surface area (Å²) in [6.07, 6.45) is 12.9. The van der Waals surface area contributed by atoms with Crippen molar-refractivity contribution < 1.29 is 17.2 Å². The highest BCUT2D eigenvalue weighted by Gasteiger charge is 2.11. The van der Waals surface area contributed by atoms with Crippen molar-refractivity contribution in [3.05, 3.63) is 0 Å². The van der Waals surface area contributed by atoms with Crippen molar-refractivity contribution in [2.24, 2.45) is 5.92 Å². The van der Waals surface area contributed by atoms with Crippen LogP contribution in [0.25, 0.3) is 0 Å². The van der Waals surface area contributed by atoms with Gasteiger partial charge in [-0.25, -0.2) is 4.18 Å². The van der Waals surface area contributed by atoms with Crippen LogP contribution in [0.5, 0.6) is 0 Å². The van der Waals surface area contributed by atoms with Gasteiger partial charge in [-0.05, 0) is 12.3 Å². The standard InChI is InChI=1S/C15H32O4S/c1-3-5-7-8-10-12-15(11-9-6-4-2)13-14-19-20(16,17)18/h15H,3-14H2,1-2H3,(H,16,17,18). The van der Waals surface area contributed by atoms with E-state index < -0.39 is 10.4 Å². The van der Waals surface area contributed by atoms with Crippen LogP contribution in [0.2, 0.25) is 0 Å². The van der Waals surface area contributed by atoms with E-state index >= 15 is 0 Å². The Bertz CT molecular complexity index is 301. The minimum atomic E-state index is -4.28. The Morgan fingerprint density at radius 2 is 1.35 bits per heavy atom. The molecule has 0 spiro atoms. The highest BCUT2D eigenvalue weighted by molar-refractivity contribution is 7.80. The van der Waals surface area contributed by atoms with Gasteiger partial charge in [0.1, 0.15) is 0 Å². The van der Waals surface area contributed by atoms with Crippen molar-refractivity contribution >= 4 is 10.4 Å². The van der Waals surface area contributed by atoms with E-state index in [9.17, 15) is 8.42 Å². The summed E-state index contributed by atoms with van der Waals surface area (Å²) in [6.45, 7) is 4.49. The van der Waals surface area contributed by atoms with Gasteiger partial charge in [0, 0.05) is 0 Å². The summed E-state index contributed by atoms with van der Waals surface area (Å²) in [4.78, 5) is 0.